The van der Waals surface area contributed by atoms with E-state index in [1.54, 1.807) is 36.5 Å². The number of thiazole rings is 1. The van der Waals surface area contributed by atoms with Crippen LogP contribution in [0.1, 0.15) is 23.3 Å². The number of amides is 1. The highest BCUT2D eigenvalue weighted by Crippen LogP contribution is 2.25. The number of hydrogen-bond donors (Lipinski definition) is 1. The molecule has 33 heavy (non-hydrogen) atoms. The largest absolute Gasteiger partial charge is 0.573 e. The molecule has 1 N–H and O–H groups in total. The van der Waals surface area contributed by atoms with E-state index in [2.05, 4.69) is 15.0 Å². The number of aromatic nitrogens is 2. The second-order valence-corrected chi connectivity index (χ2v) is 8.25. The zero-order valence-corrected chi connectivity index (χ0v) is 17.9. The number of carbonyl (C=O) groups excluding carboxylic acids is 1. The summed E-state index contributed by atoms with van der Waals surface area (Å²) in [5.41, 5.74) is 1.97. The predicted molar refractivity (Wildman–Crippen MR) is 116 cm³/mol. The lowest BCUT2D eigenvalue weighted by Crippen LogP contribution is -2.17. The molecule has 1 amide bonds. The SMILES string of the molecule is O=C(CCCn1c(=O)oc2ccccc21)Nc1ncc(Cc2ccc(OC(F)(F)F)cc2)s1. The number of fused-ring (bicyclic) bond motifs is 1. The molecule has 0 radical (unpaired) electrons. The minimum absolute atomic E-state index is 0.196. The number of halogens is 3. The summed E-state index contributed by atoms with van der Waals surface area (Å²) >= 11 is 1.28. The van der Waals surface area contributed by atoms with Gasteiger partial charge in [0.25, 0.3) is 0 Å². The van der Waals surface area contributed by atoms with Gasteiger partial charge in [-0.15, -0.1) is 24.5 Å². The van der Waals surface area contributed by atoms with Crippen molar-refractivity contribution in [1.29, 1.82) is 0 Å². The van der Waals surface area contributed by atoms with Gasteiger partial charge in [-0.25, -0.2) is 9.78 Å². The molecule has 0 aliphatic carbocycles. The van der Waals surface area contributed by atoms with Crippen LogP contribution in [0.2, 0.25) is 0 Å². The monoisotopic (exact) mass is 477 g/mol. The Hall–Kier alpha value is -3.60. The van der Waals surface area contributed by atoms with E-state index in [1.165, 1.54) is 28.0 Å². The minimum atomic E-state index is -4.73. The molecule has 0 atom stereocenters. The summed E-state index contributed by atoms with van der Waals surface area (Å²) < 4.78 is 47.3. The second kappa shape index (κ2) is 9.49. The van der Waals surface area contributed by atoms with E-state index in [9.17, 15) is 22.8 Å². The zero-order valence-electron chi connectivity index (χ0n) is 17.1. The van der Waals surface area contributed by atoms with E-state index in [0.29, 0.717) is 35.6 Å². The van der Waals surface area contributed by atoms with Gasteiger partial charge in [0.15, 0.2) is 10.7 Å². The van der Waals surface area contributed by atoms with Crippen LogP contribution >= 0.6 is 11.3 Å². The summed E-state index contributed by atoms with van der Waals surface area (Å²) in [6.07, 6.45) is -2.02. The molecule has 0 unspecified atom stereocenters. The molecule has 4 rings (SSSR count). The fraction of sp³-hybridized carbons (Fsp3) is 0.227. The van der Waals surface area contributed by atoms with Crippen molar-refractivity contribution in [1.82, 2.24) is 9.55 Å². The van der Waals surface area contributed by atoms with Crippen LogP contribution in [0.4, 0.5) is 18.3 Å². The minimum Gasteiger partial charge on any atom is -0.408 e. The molecule has 0 aliphatic rings. The molecule has 2 aromatic heterocycles. The van der Waals surface area contributed by atoms with Crippen LogP contribution in [-0.2, 0) is 17.8 Å². The molecular weight excluding hydrogens is 459 g/mol. The Morgan fingerprint density at radius 1 is 1.15 bits per heavy atom. The van der Waals surface area contributed by atoms with Gasteiger partial charge in [-0.1, -0.05) is 24.3 Å². The maximum atomic E-state index is 12.2. The number of aryl methyl sites for hydroxylation is 1. The molecule has 4 aromatic rings. The fourth-order valence-electron chi connectivity index (χ4n) is 3.26. The van der Waals surface area contributed by atoms with E-state index in [0.717, 1.165) is 10.4 Å². The predicted octanol–water partition coefficient (Wildman–Crippen LogP) is 4.96. The highest BCUT2D eigenvalue weighted by Gasteiger charge is 2.30. The van der Waals surface area contributed by atoms with Gasteiger partial charge < -0.3 is 14.5 Å². The number of oxazole rings is 1. The van der Waals surface area contributed by atoms with Crippen LogP contribution in [0.5, 0.6) is 5.75 Å². The Kier molecular flexibility index (Phi) is 6.50. The number of hydrogen-bond acceptors (Lipinski definition) is 6. The number of rotatable bonds is 8. The summed E-state index contributed by atoms with van der Waals surface area (Å²) in [4.78, 5) is 29.2. The highest BCUT2D eigenvalue weighted by molar-refractivity contribution is 7.15. The Morgan fingerprint density at radius 3 is 2.67 bits per heavy atom. The average molecular weight is 477 g/mol. The molecule has 11 heteroatoms. The van der Waals surface area contributed by atoms with Crippen molar-refractivity contribution in [2.24, 2.45) is 0 Å². The Bertz CT molecular complexity index is 1310. The average Bonchev–Trinajstić information content (AvgIpc) is 3.32. The van der Waals surface area contributed by atoms with Gasteiger partial charge >= 0.3 is 12.1 Å². The lowest BCUT2D eigenvalue weighted by molar-refractivity contribution is -0.274. The third kappa shape index (κ3) is 6.01. The van der Waals surface area contributed by atoms with Crippen LogP contribution in [-0.4, -0.2) is 21.8 Å². The maximum Gasteiger partial charge on any atom is 0.573 e. The number of nitrogens with one attached hydrogen (secondary N) is 1. The molecular formula is C22H18F3N3O4S. The van der Waals surface area contributed by atoms with Crippen molar-refractivity contribution < 1.29 is 27.1 Å². The standard InChI is InChI=1S/C22H18F3N3O4S/c23-22(24,25)32-15-9-7-14(8-10-15)12-16-13-26-20(33-16)27-19(29)6-3-11-28-17-4-1-2-5-18(17)31-21(28)30/h1-2,4-5,7-10,13H,3,6,11-12H2,(H,26,27,29). The summed E-state index contributed by atoms with van der Waals surface area (Å²) in [6.45, 7) is 0.348. The summed E-state index contributed by atoms with van der Waals surface area (Å²) in [5.74, 6) is -0.973. The van der Waals surface area contributed by atoms with E-state index in [4.69, 9.17) is 4.42 Å². The molecule has 0 saturated heterocycles. The summed E-state index contributed by atoms with van der Waals surface area (Å²) in [6, 6.07) is 12.7. The van der Waals surface area contributed by atoms with E-state index in [1.807, 2.05) is 6.07 Å². The van der Waals surface area contributed by atoms with Gasteiger partial charge in [0.1, 0.15) is 5.75 Å². The molecule has 0 fully saturated rings. The number of anilines is 1. The Labute approximate surface area is 189 Å². The first kappa shape index (κ1) is 22.6. The third-order valence-corrected chi connectivity index (χ3v) is 5.61. The zero-order chi connectivity index (χ0) is 23.4. The van der Waals surface area contributed by atoms with Gasteiger partial charge in [-0.2, -0.15) is 0 Å². The first-order valence-electron chi connectivity index (χ1n) is 9.94. The second-order valence-electron chi connectivity index (χ2n) is 7.14. The smallest absolute Gasteiger partial charge is 0.408 e. The lowest BCUT2D eigenvalue weighted by atomic mass is 10.1. The number of alkyl halides is 3. The third-order valence-electron chi connectivity index (χ3n) is 4.69. The van der Waals surface area contributed by atoms with Gasteiger partial charge in [-0.05, 0) is 36.2 Å². The van der Waals surface area contributed by atoms with Crippen molar-refractivity contribution >= 4 is 33.5 Å². The topological polar surface area (TPSA) is 86.4 Å². The van der Waals surface area contributed by atoms with E-state index < -0.39 is 12.1 Å². The summed E-state index contributed by atoms with van der Waals surface area (Å²) in [5, 5.41) is 3.16. The van der Waals surface area contributed by atoms with Crippen LogP contribution in [0.25, 0.3) is 11.1 Å². The van der Waals surface area contributed by atoms with Crippen molar-refractivity contribution in [2.75, 3.05) is 5.32 Å². The van der Waals surface area contributed by atoms with Gasteiger partial charge in [0.2, 0.25) is 5.91 Å². The lowest BCUT2D eigenvalue weighted by Gasteiger charge is -2.08. The van der Waals surface area contributed by atoms with Gasteiger partial charge in [-0.3, -0.25) is 9.36 Å². The highest BCUT2D eigenvalue weighted by atomic mass is 32.1. The van der Waals surface area contributed by atoms with Crippen molar-refractivity contribution in [2.45, 2.75) is 32.2 Å². The van der Waals surface area contributed by atoms with Crippen molar-refractivity contribution in [3.63, 3.8) is 0 Å². The molecule has 0 aliphatic heterocycles. The van der Waals surface area contributed by atoms with Crippen LogP contribution < -0.4 is 15.8 Å². The van der Waals surface area contributed by atoms with Gasteiger partial charge in [0, 0.05) is 30.5 Å². The molecule has 2 heterocycles. The summed E-state index contributed by atoms with van der Waals surface area (Å²) in [7, 11) is 0. The molecule has 0 bridgehead atoms. The molecule has 0 saturated carbocycles. The Balaban J connectivity index is 1.27. The maximum absolute atomic E-state index is 12.2. The Morgan fingerprint density at radius 2 is 1.91 bits per heavy atom. The van der Waals surface area contributed by atoms with Crippen LogP contribution in [0.15, 0.2) is 63.9 Å². The first-order valence-corrected chi connectivity index (χ1v) is 10.8. The number of benzene rings is 2. The van der Waals surface area contributed by atoms with Crippen LogP contribution in [0.3, 0.4) is 0 Å². The molecule has 172 valence electrons. The van der Waals surface area contributed by atoms with Crippen molar-refractivity contribution in [3.8, 4) is 5.75 Å². The first-order chi connectivity index (χ1) is 15.8. The number of carbonyl (C=O) groups is 1. The quantitative estimate of drug-likeness (QED) is 0.388. The van der Waals surface area contributed by atoms with Crippen molar-refractivity contribution in [3.05, 3.63) is 75.7 Å². The van der Waals surface area contributed by atoms with Crippen LogP contribution in [0, 0.1) is 0 Å². The number of nitrogens with zero attached hydrogens (tertiary/aromatic N) is 2. The van der Waals surface area contributed by atoms with Gasteiger partial charge in [0.05, 0.1) is 5.52 Å². The molecule has 0 spiro atoms. The number of ether oxygens (including phenoxy) is 1. The normalized spacial score (nSPS) is 11.6. The number of para-hydroxylation sites is 2. The fourth-order valence-corrected chi connectivity index (χ4v) is 4.13. The van der Waals surface area contributed by atoms with E-state index >= 15 is 0 Å². The molecule has 2 aromatic carbocycles. The molecule has 7 nitrogen and oxygen atoms in total. The van der Waals surface area contributed by atoms with E-state index in [-0.39, 0.29) is 18.1 Å².